The SMILES string of the molecule is CC(=O)NCCn1nc([C@@H]2CCN(C(=O)[C@@H]3CC=CCC3)C2)c2cccnc21. The average Bonchev–Trinajstić information content (AvgIpc) is 3.33. The fourth-order valence-corrected chi connectivity index (χ4v) is 4.29. The van der Waals surface area contributed by atoms with Crippen molar-refractivity contribution < 1.29 is 9.59 Å². The van der Waals surface area contributed by atoms with E-state index in [1.165, 1.54) is 6.92 Å². The van der Waals surface area contributed by atoms with Crippen LogP contribution in [0.3, 0.4) is 0 Å². The van der Waals surface area contributed by atoms with E-state index < -0.39 is 0 Å². The Morgan fingerprint density at radius 1 is 1.29 bits per heavy atom. The number of carbonyl (C=O) groups excluding carboxylic acids is 2. The van der Waals surface area contributed by atoms with Gasteiger partial charge in [-0.2, -0.15) is 5.10 Å². The van der Waals surface area contributed by atoms with E-state index in [4.69, 9.17) is 5.10 Å². The van der Waals surface area contributed by atoms with E-state index in [0.717, 1.165) is 55.5 Å². The van der Waals surface area contributed by atoms with Crippen LogP contribution in [0.4, 0.5) is 0 Å². The van der Waals surface area contributed by atoms with Crippen molar-refractivity contribution >= 4 is 22.8 Å². The molecule has 0 unspecified atom stereocenters. The minimum atomic E-state index is -0.0489. The van der Waals surface area contributed by atoms with Gasteiger partial charge in [-0.25, -0.2) is 9.67 Å². The Morgan fingerprint density at radius 2 is 2.18 bits per heavy atom. The zero-order valence-corrected chi connectivity index (χ0v) is 16.3. The van der Waals surface area contributed by atoms with E-state index in [0.29, 0.717) is 19.0 Å². The Kier molecular flexibility index (Phi) is 5.41. The number of amides is 2. The second-order valence-electron chi connectivity index (χ2n) is 7.72. The molecule has 3 heterocycles. The van der Waals surface area contributed by atoms with Crippen molar-refractivity contribution in [3.63, 3.8) is 0 Å². The van der Waals surface area contributed by atoms with Crippen molar-refractivity contribution in [2.24, 2.45) is 5.92 Å². The van der Waals surface area contributed by atoms with Crippen LogP contribution < -0.4 is 5.32 Å². The maximum absolute atomic E-state index is 12.9. The van der Waals surface area contributed by atoms with Crippen molar-refractivity contribution in [3.8, 4) is 0 Å². The number of hydrogen-bond donors (Lipinski definition) is 1. The fraction of sp³-hybridized carbons (Fsp3) is 0.524. The molecule has 7 heteroatoms. The first-order valence-corrected chi connectivity index (χ1v) is 10.1. The third-order valence-corrected chi connectivity index (χ3v) is 5.74. The van der Waals surface area contributed by atoms with Gasteiger partial charge in [0, 0.05) is 50.0 Å². The molecule has 2 amide bonds. The number of carbonyl (C=O) groups is 2. The molecular formula is C21H27N5O2. The molecule has 0 radical (unpaired) electrons. The van der Waals surface area contributed by atoms with Crippen LogP contribution in [-0.4, -0.2) is 51.1 Å². The lowest BCUT2D eigenvalue weighted by molar-refractivity contribution is -0.134. The Hall–Kier alpha value is -2.70. The summed E-state index contributed by atoms with van der Waals surface area (Å²) in [5.41, 5.74) is 1.86. The average molecular weight is 381 g/mol. The Bertz CT molecular complexity index is 903. The molecule has 2 aromatic heterocycles. The number of nitrogens with zero attached hydrogens (tertiary/aromatic N) is 4. The van der Waals surface area contributed by atoms with Crippen LogP contribution >= 0.6 is 0 Å². The number of pyridine rings is 1. The lowest BCUT2D eigenvalue weighted by Gasteiger charge is -2.24. The molecule has 0 aromatic carbocycles. The van der Waals surface area contributed by atoms with Gasteiger partial charge in [-0.15, -0.1) is 0 Å². The van der Waals surface area contributed by atoms with Crippen LogP contribution in [0.25, 0.3) is 11.0 Å². The van der Waals surface area contributed by atoms with Gasteiger partial charge < -0.3 is 10.2 Å². The Labute approximate surface area is 164 Å². The predicted molar refractivity (Wildman–Crippen MR) is 107 cm³/mol. The van der Waals surface area contributed by atoms with Gasteiger partial charge in [0.15, 0.2) is 5.65 Å². The molecule has 4 rings (SSSR count). The summed E-state index contributed by atoms with van der Waals surface area (Å²) in [7, 11) is 0. The molecule has 0 bridgehead atoms. The molecule has 1 N–H and O–H groups in total. The molecule has 7 nitrogen and oxygen atoms in total. The predicted octanol–water partition coefficient (Wildman–Crippen LogP) is 2.24. The molecule has 2 aromatic rings. The quantitative estimate of drug-likeness (QED) is 0.806. The minimum absolute atomic E-state index is 0.0489. The number of hydrogen-bond acceptors (Lipinski definition) is 4. The summed E-state index contributed by atoms with van der Waals surface area (Å²) < 4.78 is 1.87. The van der Waals surface area contributed by atoms with Gasteiger partial charge in [0.05, 0.1) is 12.2 Å². The number of allylic oxidation sites excluding steroid dienone is 2. The van der Waals surface area contributed by atoms with Crippen LogP contribution in [0.15, 0.2) is 30.5 Å². The fourth-order valence-electron chi connectivity index (χ4n) is 4.29. The van der Waals surface area contributed by atoms with Gasteiger partial charge in [-0.05, 0) is 37.8 Å². The van der Waals surface area contributed by atoms with E-state index >= 15 is 0 Å². The molecule has 1 saturated heterocycles. The number of nitrogens with one attached hydrogen (secondary N) is 1. The maximum Gasteiger partial charge on any atom is 0.226 e. The lowest BCUT2D eigenvalue weighted by Crippen LogP contribution is -2.34. The highest BCUT2D eigenvalue weighted by molar-refractivity contribution is 5.81. The summed E-state index contributed by atoms with van der Waals surface area (Å²) in [5, 5.41) is 8.68. The molecule has 0 spiro atoms. The number of rotatable bonds is 5. The standard InChI is InChI=1S/C21H27N5O2/c1-15(27)22-11-13-26-20-18(8-5-10-23-20)19(24-26)17-9-12-25(14-17)21(28)16-6-3-2-4-7-16/h2-3,5,8,10,16-17H,4,6-7,9,11-14H2,1H3,(H,22,27)/t16-,17-/m1/s1. The first kappa shape index (κ1) is 18.7. The summed E-state index contributed by atoms with van der Waals surface area (Å²) in [4.78, 5) is 30.5. The van der Waals surface area contributed by atoms with E-state index in [2.05, 4.69) is 28.5 Å². The van der Waals surface area contributed by atoms with Crippen molar-refractivity contribution in [3.05, 3.63) is 36.2 Å². The topological polar surface area (TPSA) is 80.1 Å². The van der Waals surface area contributed by atoms with Gasteiger partial charge in [0.25, 0.3) is 0 Å². The first-order valence-electron chi connectivity index (χ1n) is 10.1. The third-order valence-electron chi connectivity index (χ3n) is 5.74. The normalized spacial score (nSPS) is 22.0. The molecule has 2 aliphatic rings. The van der Waals surface area contributed by atoms with Crippen LogP contribution in [0.2, 0.25) is 0 Å². The van der Waals surface area contributed by atoms with E-state index in [-0.39, 0.29) is 17.7 Å². The maximum atomic E-state index is 12.9. The van der Waals surface area contributed by atoms with Crippen molar-refractivity contribution in [2.75, 3.05) is 19.6 Å². The highest BCUT2D eigenvalue weighted by Crippen LogP contribution is 2.33. The molecule has 28 heavy (non-hydrogen) atoms. The van der Waals surface area contributed by atoms with Crippen molar-refractivity contribution in [1.29, 1.82) is 0 Å². The summed E-state index contributed by atoms with van der Waals surface area (Å²) in [6, 6.07) is 3.98. The highest BCUT2D eigenvalue weighted by atomic mass is 16.2. The minimum Gasteiger partial charge on any atom is -0.354 e. The molecule has 1 aliphatic heterocycles. The van der Waals surface area contributed by atoms with Crippen molar-refractivity contribution in [2.45, 2.75) is 45.1 Å². The highest BCUT2D eigenvalue weighted by Gasteiger charge is 2.33. The van der Waals surface area contributed by atoms with Crippen LogP contribution in [0, 0.1) is 5.92 Å². The second-order valence-corrected chi connectivity index (χ2v) is 7.72. The van der Waals surface area contributed by atoms with E-state index in [1.807, 2.05) is 15.6 Å². The van der Waals surface area contributed by atoms with E-state index in [1.54, 1.807) is 6.20 Å². The van der Waals surface area contributed by atoms with Crippen LogP contribution in [0.1, 0.15) is 44.2 Å². The molecule has 0 saturated carbocycles. The van der Waals surface area contributed by atoms with Gasteiger partial charge in [0.1, 0.15) is 0 Å². The second kappa shape index (κ2) is 8.12. The smallest absolute Gasteiger partial charge is 0.226 e. The van der Waals surface area contributed by atoms with Crippen LogP contribution in [0.5, 0.6) is 0 Å². The summed E-state index contributed by atoms with van der Waals surface area (Å²) in [6.07, 6.45) is 9.83. The molecule has 148 valence electrons. The lowest BCUT2D eigenvalue weighted by atomic mass is 9.93. The third kappa shape index (κ3) is 3.79. The first-order chi connectivity index (χ1) is 13.6. The number of aromatic nitrogens is 3. The summed E-state index contributed by atoms with van der Waals surface area (Å²) >= 11 is 0. The monoisotopic (exact) mass is 381 g/mol. The molecular weight excluding hydrogens is 354 g/mol. The zero-order chi connectivity index (χ0) is 19.5. The van der Waals surface area contributed by atoms with Gasteiger partial charge in [-0.1, -0.05) is 12.2 Å². The zero-order valence-electron chi connectivity index (χ0n) is 16.3. The van der Waals surface area contributed by atoms with Crippen LogP contribution in [-0.2, 0) is 16.1 Å². The summed E-state index contributed by atoms with van der Waals surface area (Å²) in [5.74, 6) is 0.612. The molecule has 1 fully saturated rings. The Morgan fingerprint density at radius 3 is 2.96 bits per heavy atom. The van der Waals surface area contributed by atoms with Crippen molar-refractivity contribution in [1.82, 2.24) is 25.0 Å². The number of likely N-dealkylation sites (tertiary alicyclic amines) is 1. The van der Waals surface area contributed by atoms with Gasteiger partial charge in [0.2, 0.25) is 11.8 Å². The molecule has 1 aliphatic carbocycles. The van der Waals surface area contributed by atoms with Gasteiger partial charge in [-0.3, -0.25) is 9.59 Å². The Balaban J connectivity index is 1.50. The van der Waals surface area contributed by atoms with E-state index in [9.17, 15) is 9.59 Å². The molecule has 2 atom stereocenters. The van der Waals surface area contributed by atoms with Gasteiger partial charge >= 0.3 is 0 Å². The summed E-state index contributed by atoms with van der Waals surface area (Å²) in [6.45, 7) is 4.14. The largest absolute Gasteiger partial charge is 0.354 e. The number of fused-ring (bicyclic) bond motifs is 1.